The molecule has 3 aromatic rings. The van der Waals surface area contributed by atoms with Crippen molar-refractivity contribution in [2.24, 2.45) is 5.92 Å². The molecule has 2 heterocycles. The van der Waals surface area contributed by atoms with E-state index < -0.39 is 70.8 Å². The van der Waals surface area contributed by atoms with Gasteiger partial charge in [0.15, 0.2) is 0 Å². The van der Waals surface area contributed by atoms with Crippen LogP contribution < -0.4 is 10.9 Å². The molecule has 0 spiro atoms. The number of alkyl halides is 3. The fraction of sp³-hybridized carbons (Fsp3) is 0.488. The monoisotopic (exact) mass is 741 g/mol. The molecule has 0 saturated carbocycles. The van der Waals surface area contributed by atoms with Crippen LogP contribution in [0.25, 0.3) is 11.1 Å². The number of hydrogen-bond acceptors (Lipinski definition) is 4. The molecule has 2 atom stereocenters. The summed E-state index contributed by atoms with van der Waals surface area (Å²) in [5.74, 6) is -0.301. The van der Waals surface area contributed by atoms with E-state index in [4.69, 9.17) is 0 Å². The number of carboxylic acid groups (broad SMARTS) is 1. The highest BCUT2D eigenvalue weighted by atomic mass is 19.4. The van der Waals surface area contributed by atoms with Gasteiger partial charge in [0.05, 0.1) is 23.6 Å². The lowest BCUT2D eigenvalue weighted by Gasteiger charge is -2.36. The number of pyridine rings is 1. The number of halogens is 5. The van der Waals surface area contributed by atoms with E-state index in [-0.39, 0.29) is 35.1 Å². The maximum atomic E-state index is 16.7. The number of piperidine rings is 1. The number of aliphatic carboxylic acids is 1. The quantitative estimate of drug-likeness (QED) is 0.152. The largest absolute Gasteiger partial charge is 0.481 e. The number of likely N-dealkylation sites (tertiary alicyclic amines) is 1. The smallest absolute Gasteiger partial charge is 0.416 e. The van der Waals surface area contributed by atoms with Gasteiger partial charge < -0.3 is 19.9 Å². The first-order chi connectivity index (χ1) is 24.7. The molecule has 1 aliphatic rings. The first-order valence-corrected chi connectivity index (χ1v) is 17.9. The van der Waals surface area contributed by atoms with Gasteiger partial charge in [0.1, 0.15) is 17.7 Å². The maximum Gasteiger partial charge on any atom is 0.416 e. The van der Waals surface area contributed by atoms with Crippen LogP contribution in [0.3, 0.4) is 0 Å². The Balaban J connectivity index is 1.88. The van der Waals surface area contributed by atoms with Crippen LogP contribution in [0.2, 0.25) is 0 Å². The van der Waals surface area contributed by atoms with E-state index in [0.29, 0.717) is 48.7 Å². The predicted molar refractivity (Wildman–Crippen MR) is 195 cm³/mol. The summed E-state index contributed by atoms with van der Waals surface area (Å²) in [4.78, 5) is 42.1. The highest BCUT2D eigenvalue weighted by Gasteiger charge is 2.39. The molecular formula is C41H48F5N3O4. The Kier molecular flexibility index (Phi) is 13.0. The summed E-state index contributed by atoms with van der Waals surface area (Å²) < 4.78 is 77.1. The molecule has 2 aromatic carbocycles. The number of amides is 1. The zero-order valence-corrected chi connectivity index (χ0v) is 31.5. The van der Waals surface area contributed by atoms with Gasteiger partial charge in [-0.1, -0.05) is 37.5 Å². The van der Waals surface area contributed by atoms with Crippen LogP contribution in [0.5, 0.6) is 0 Å². The van der Waals surface area contributed by atoms with Crippen LogP contribution in [0.15, 0.2) is 35.3 Å². The highest BCUT2D eigenvalue weighted by molar-refractivity contribution is 5.82. The van der Waals surface area contributed by atoms with Crippen molar-refractivity contribution in [2.45, 2.75) is 111 Å². The van der Waals surface area contributed by atoms with Crippen LogP contribution in [-0.4, -0.2) is 45.6 Å². The number of rotatable bonds is 11. The number of aromatic nitrogens is 1. The third-order valence-electron chi connectivity index (χ3n) is 9.93. The van der Waals surface area contributed by atoms with Crippen molar-refractivity contribution in [3.05, 3.63) is 91.4 Å². The SMILES string of the molecule is CC#Cc1cc(-c2c(C)cc(C)cc2C)c(F)c([C@@H](CC(=O)O)NC(=O)[C@@H](CC(C)C)n2cc(C3CCN(C(C)C)CC3)c(C(F)(F)F)cc2=O)c1F. The van der Waals surface area contributed by atoms with Crippen molar-refractivity contribution >= 4 is 11.9 Å². The summed E-state index contributed by atoms with van der Waals surface area (Å²) in [6.07, 6.45) is -3.92. The fourth-order valence-electron chi connectivity index (χ4n) is 7.54. The van der Waals surface area contributed by atoms with E-state index in [2.05, 4.69) is 22.1 Å². The van der Waals surface area contributed by atoms with E-state index in [1.165, 1.54) is 13.0 Å². The van der Waals surface area contributed by atoms with Crippen molar-refractivity contribution in [1.29, 1.82) is 0 Å². The minimum atomic E-state index is -4.83. The molecule has 1 fully saturated rings. The van der Waals surface area contributed by atoms with Crippen LogP contribution in [0.1, 0.15) is 117 Å². The first kappa shape index (κ1) is 41.3. The fourth-order valence-corrected chi connectivity index (χ4v) is 7.54. The number of aryl methyl sites for hydroxylation is 3. The number of hydrogen-bond donors (Lipinski definition) is 2. The van der Waals surface area contributed by atoms with Crippen molar-refractivity contribution < 1.29 is 36.6 Å². The van der Waals surface area contributed by atoms with Gasteiger partial charge in [0.25, 0.3) is 5.56 Å². The minimum Gasteiger partial charge on any atom is -0.481 e. The minimum absolute atomic E-state index is 0.0374. The average Bonchev–Trinajstić information content (AvgIpc) is 3.04. The summed E-state index contributed by atoms with van der Waals surface area (Å²) in [5, 5.41) is 12.4. The number of carboxylic acids is 1. The lowest BCUT2D eigenvalue weighted by Crippen LogP contribution is -2.41. The molecule has 1 aromatic heterocycles. The number of nitrogens with zero attached hydrogens (tertiary/aromatic N) is 2. The molecule has 1 amide bonds. The summed E-state index contributed by atoms with van der Waals surface area (Å²) in [5.41, 5.74) is -0.516. The van der Waals surface area contributed by atoms with Crippen molar-refractivity contribution in [2.75, 3.05) is 13.1 Å². The van der Waals surface area contributed by atoms with Crippen LogP contribution in [-0.2, 0) is 15.8 Å². The Bertz CT molecular complexity index is 1960. The Morgan fingerprint density at radius 3 is 2.09 bits per heavy atom. The van der Waals surface area contributed by atoms with E-state index in [9.17, 15) is 32.7 Å². The normalized spacial score (nSPS) is 15.3. The van der Waals surface area contributed by atoms with Gasteiger partial charge in [-0.25, -0.2) is 8.78 Å². The lowest BCUT2D eigenvalue weighted by atomic mass is 9.86. The van der Waals surface area contributed by atoms with Gasteiger partial charge in [0, 0.05) is 29.4 Å². The predicted octanol–water partition coefficient (Wildman–Crippen LogP) is 8.62. The van der Waals surface area contributed by atoms with E-state index in [1.54, 1.807) is 27.7 Å². The number of carbonyl (C=O) groups excluding carboxylic acids is 1. The first-order valence-electron chi connectivity index (χ1n) is 17.9. The topological polar surface area (TPSA) is 91.6 Å². The van der Waals surface area contributed by atoms with Gasteiger partial charge in [-0.15, -0.1) is 5.92 Å². The Labute approximate surface area is 307 Å². The van der Waals surface area contributed by atoms with Crippen molar-refractivity contribution in [3.63, 3.8) is 0 Å². The van der Waals surface area contributed by atoms with Gasteiger partial charge in [0.2, 0.25) is 5.91 Å². The molecule has 2 N–H and O–H groups in total. The second-order valence-corrected chi connectivity index (χ2v) is 14.8. The second-order valence-electron chi connectivity index (χ2n) is 14.8. The lowest BCUT2D eigenvalue weighted by molar-refractivity contribution is -0.139. The Hall–Kier alpha value is -4.50. The maximum absolute atomic E-state index is 16.7. The molecule has 0 bridgehead atoms. The number of nitrogens with one attached hydrogen (secondary N) is 1. The summed E-state index contributed by atoms with van der Waals surface area (Å²) in [7, 11) is 0. The third-order valence-corrected chi connectivity index (χ3v) is 9.93. The molecule has 0 unspecified atom stereocenters. The molecule has 1 aliphatic heterocycles. The van der Waals surface area contributed by atoms with Crippen molar-refractivity contribution in [3.8, 4) is 23.0 Å². The van der Waals surface area contributed by atoms with Crippen molar-refractivity contribution in [1.82, 2.24) is 14.8 Å². The molecule has 286 valence electrons. The van der Waals surface area contributed by atoms with E-state index >= 15 is 8.78 Å². The second kappa shape index (κ2) is 16.7. The zero-order valence-electron chi connectivity index (χ0n) is 31.5. The van der Waals surface area contributed by atoms with Gasteiger partial charge in [-0.3, -0.25) is 14.4 Å². The third kappa shape index (κ3) is 9.36. The number of benzene rings is 2. The summed E-state index contributed by atoms with van der Waals surface area (Å²) in [6, 6.07) is 2.41. The highest BCUT2D eigenvalue weighted by Crippen LogP contribution is 2.40. The van der Waals surface area contributed by atoms with Gasteiger partial charge >= 0.3 is 12.1 Å². The van der Waals surface area contributed by atoms with Gasteiger partial charge in [-0.2, -0.15) is 13.2 Å². The Morgan fingerprint density at radius 2 is 1.58 bits per heavy atom. The molecule has 7 nitrogen and oxygen atoms in total. The summed E-state index contributed by atoms with van der Waals surface area (Å²) >= 11 is 0. The van der Waals surface area contributed by atoms with Crippen LogP contribution in [0, 0.1) is 50.2 Å². The zero-order chi connectivity index (χ0) is 39.5. The molecule has 0 radical (unpaired) electrons. The molecule has 53 heavy (non-hydrogen) atoms. The van der Waals surface area contributed by atoms with Crippen LogP contribution >= 0.6 is 0 Å². The van der Waals surface area contributed by atoms with Crippen LogP contribution in [0.4, 0.5) is 22.0 Å². The number of carbonyl (C=O) groups is 2. The average molecular weight is 742 g/mol. The molecule has 4 rings (SSSR count). The van der Waals surface area contributed by atoms with E-state index in [0.717, 1.165) is 16.3 Å². The molecule has 12 heteroatoms. The molecular weight excluding hydrogens is 693 g/mol. The Morgan fingerprint density at radius 1 is 0.981 bits per heavy atom. The summed E-state index contributed by atoms with van der Waals surface area (Å²) in [6.45, 7) is 15.5. The van der Waals surface area contributed by atoms with E-state index in [1.807, 2.05) is 32.9 Å². The molecule has 1 saturated heterocycles. The van der Waals surface area contributed by atoms with Gasteiger partial charge in [-0.05, 0) is 114 Å². The molecule has 0 aliphatic carbocycles. The standard InChI is InChI=1S/C41H48F5N3O4/c1-9-10-28-18-29(36-25(7)16-24(6)17-26(36)8)39(43)37(38(28)42)32(20-35(51)52)47-40(53)33(15-22(2)3)49-21-30(31(19-34(49)50)41(44,45)46)27-11-13-48(14-12-27)23(4)5/h16-19,21-23,27,32-33H,11-15,20H2,1-8H3,(H,47,53)(H,51,52)/t32-,33-/m1/s1.